The van der Waals surface area contributed by atoms with Gasteiger partial charge in [0.05, 0.1) is 15.6 Å². The van der Waals surface area contributed by atoms with Crippen LogP contribution in [0.1, 0.15) is 5.56 Å². The number of carbonyl (C=O) groups is 1. The van der Waals surface area contributed by atoms with Crippen molar-refractivity contribution < 1.29 is 9.18 Å². The zero-order valence-electron chi connectivity index (χ0n) is 11.7. The van der Waals surface area contributed by atoms with Crippen LogP contribution in [0.4, 0.5) is 10.1 Å². The third-order valence-corrected chi connectivity index (χ3v) is 5.48. The fraction of sp³-hybridized carbons (Fsp3) is 0. The number of thioether (sulfide) groups is 1. The van der Waals surface area contributed by atoms with Gasteiger partial charge in [-0.25, -0.2) is 4.39 Å². The van der Waals surface area contributed by atoms with E-state index < -0.39 is 5.82 Å². The van der Waals surface area contributed by atoms with E-state index in [4.69, 9.17) is 47.0 Å². The van der Waals surface area contributed by atoms with E-state index in [1.807, 2.05) is 0 Å². The van der Waals surface area contributed by atoms with Crippen LogP contribution in [0, 0.1) is 5.82 Å². The summed E-state index contributed by atoms with van der Waals surface area (Å²) in [5, 5.41) is 0.773. The van der Waals surface area contributed by atoms with Crippen molar-refractivity contribution in [3.63, 3.8) is 0 Å². The van der Waals surface area contributed by atoms with E-state index in [-0.39, 0.29) is 10.9 Å². The Morgan fingerprint density at radius 3 is 2.38 bits per heavy atom. The topological polar surface area (TPSA) is 20.3 Å². The fourth-order valence-electron chi connectivity index (χ4n) is 2.09. The Morgan fingerprint density at radius 1 is 1.08 bits per heavy atom. The van der Waals surface area contributed by atoms with E-state index in [0.717, 1.165) is 11.8 Å². The quantitative estimate of drug-likeness (QED) is 0.428. The number of benzene rings is 2. The minimum Gasteiger partial charge on any atom is -0.268 e. The summed E-state index contributed by atoms with van der Waals surface area (Å²) in [6.07, 6.45) is 1.59. The van der Waals surface area contributed by atoms with Gasteiger partial charge in [0.1, 0.15) is 5.82 Å². The van der Waals surface area contributed by atoms with E-state index in [1.165, 1.54) is 23.1 Å². The summed E-state index contributed by atoms with van der Waals surface area (Å²) < 4.78 is 13.6. The molecule has 2 aromatic rings. The molecule has 0 unspecified atom stereocenters. The lowest BCUT2D eigenvalue weighted by Gasteiger charge is -2.14. The van der Waals surface area contributed by atoms with Crippen LogP contribution in [0.3, 0.4) is 0 Å². The van der Waals surface area contributed by atoms with Crippen LogP contribution in [-0.2, 0) is 4.79 Å². The van der Waals surface area contributed by atoms with E-state index in [9.17, 15) is 9.18 Å². The summed E-state index contributed by atoms with van der Waals surface area (Å²) >= 11 is 24.4. The van der Waals surface area contributed by atoms with Crippen LogP contribution >= 0.6 is 58.8 Å². The zero-order chi connectivity index (χ0) is 17.4. The molecule has 8 heteroatoms. The molecule has 122 valence electrons. The van der Waals surface area contributed by atoms with Gasteiger partial charge in [-0.15, -0.1) is 0 Å². The second-order valence-electron chi connectivity index (χ2n) is 4.75. The highest BCUT2D eigenvalue weighted by atomic mass is 35.5. The lowest BCUT2D eigenvalue weighted by atomic mass is 10.2. The number of amides is 1. The minimum atomic E-state index is -0.566. The molecule has 1 amide bonds. The molecular formula is C16H7Cl3FNOS2. The zero-order valence-corrected chi connectivity index (χ0v) is 15.6. The maximum Gasteiger partial charge on any atom is 0.270 e. The third-order valence-electron chi connectivity index (χ3n) is 3.23. The van der Waals surface area contributed by atoms with Crippen molar-refractivity contribution in [2.45, 2.75) is 0 Å². The Morgan fingerprint density at radius 2 is 1.75 bits per heavy atom. The lowest BCUT2D eigenvalue weighted by Crippen LogP contribution is -2.27. The standard InChI is InChI=1S/C16H7Cl3FNOS2/c17-10-2-1-3-11(18)9(10)7-14-15(22)21(16(23)24-14)8-4-5-13(20)12(19)6-8/h1-7H/b14-7-. The van der Waals surface area contributed by atoms with Gasteiger partial charge >= 0.3 is 0 Å². The van der Waals surface area contributed by atoms with Crippen LogP contribution < -0.4 is 4.90 Å². The number of halogens is 4. The van der Waals surface area contributed by atoms with Crippen LogP contribution in [0.5, 0.6) is 0 Å². The van der Waals surface area contributed by atoms with Crippen molar-refractivity contribution in [3.05, 3.63) is 67.8 Å². The van der Waals surface area contributed by atoms with Crippen molar-refractivity contribution in [2.24, 2.45) is 0 Å². The molecule has 3 rings (SSSR count). The number of hydrogen-bond acceptors (Lipinski definition) is 3. The average Bonchev–Trinajstić information content (AvgIpc) is 2.80. The summed E-state index contributed by atoms with van der Waals surface area (Å²) in [7, 11) is 0. The first-order valence-corrected chi connectivity index (χ1v) is 8.91. The molecule has 1 fully saturated rings. The summed E-state index contributed by atoms with van der Waals surface area (Å²) in [4.78, 5) is 14.3. The van der Waals surface area contributed by atoms with Gasteiger partial charge in [0, 0.05) is 15.6 Å². The summed E-state index contributed by atoms with van der Waals surface area (Å²) in [6.45, 7) is 0. The second-order valence-corrected chi connectivity index (χ2v) is 7.65. The van der Waals surface area contributed by atoms with Crippen LogP contribution in [0.2, 0.25) is 15.1 Å². The molecule has 0 radical (unpaired) electrons. The molecule has 1 heterocycles. The molecule has 0 N–H and O–H groups in total. The summed E-state index contributed by atoms with van der Waals surface area (Å²) in [6, 6.07) is 9.06. The fourth-order valence-corrected chi connectivity index (χ4v) is 4.06. The third kappa shape index (κ3) is 3.32. The highest BCUT2D eigenvalue weighted by Gasteiger charge is 2.33. The highest BCUT2D eigenvalue weighted by molar-refractivity contribution is 8.27. The highest BCUT2D eigenvalue weighted by Crippen LogP contribution is 2.38. The maximum atomic E-state index is 13.3. The van der Waals surface area contributed by atoms with Crippen molar-refractivity contribution >= 4 is 80.8 Å². The number of anilines is 1. The molecule has 1 aliphatic rings. The Kier molecular flexibility index (Phi) is 5.18. The van der Waals surface area contributed by atoms with E-state index in [0.29, 0.717) is 30.5 Å². The normalized spacial score (nSPS) is 16.3. The number of nitrogens with zero attached hydrogens (tertiary/aromatic N) is 1. The molecular weight excluding hydrogens is 412 g/mol. The van der Waals surface area contributed by atoms with Gasteiger partial charge in [0.2, 0.25) is 0 Å². The first kappa shape index (κ1) is 17.7. The molecule has 0 aromatic heterocycles. The van der Waals surface area contributed by atoms with E-state index in [2.05, 4.69) is 0 Å². The molecule has 1 aliphatic heterocycles. The van der Waals surface area contributed by atoms with Gasteiger partial charge in [-0.2, -0.15) is 0 Å². The van der Waals surface area contributed by atoms with Gasteiger partial charge in [-0.3, -0.25) is 9.69 Å². The molecule has 24 heavy (non-hydrogen) atoms. The first-order chi connectivity index (χ1) is 11.4. The minimum absolute atomic E-state index is 0.0836. The van der Waals surface area contributed by atoms with Gasteiger partial charge in [-0.1, -0.05) is 64.8 Å². The summed E-state index contributed by atoms with van der Waals surface area (Å²) in [5.41, 5.74) is 0.941. The molecule has 0 spiro atoms. The van der Waals surface area contributed by atoms with Gasteiger partial charge in [0.25, 0.3) is 5.91 Å². The van der Waals surface area contributed by atoms with Gasteiger partial charge in [-0.05, 0) is 36.4 Å². The van der Waals surface area contributed by atoms with Crippen molar-refractivity contribution in [2.75, 3.05) is 4.90 Å². The van der Waals surface area contributed by atoms with Crippen LogP contribution in [0.25, 0.3) is 6.08 Å². The molecule has 0 bridgehead atoms. The van der Waals surface area contributed by atoms with Crippen LogP contribution in [0.15, 0.2) is 41.3 Å². The molecule has 0 aliphatic carbocycles. The smallest absolute Gasteiger partial charge is 0.268 e. The molecule has 0 atom stereocenters. The average molecular weight is 419 g/mol. The first-order valence-electron chi connectivity index (χ1n) is 6.55. The largest absolute Gasteiger partial charge is 0.270 e. The molecule has 2 aromatic carbocycles. The summed E-state index contributed by atoms with van der Waals surface area (Å²) in [5.74, 6) is -0.909. The number of thiocarbonyl (C=S) groups is 1. The Bertz CT molecular complexity index is 881. The van der Waals surface area contributed by atoms with E-state index in [1.54, 1.807) is 24.3 Å². The monoisotopic (exact) mass is 417 g/mol. The number of carbonyl (C=O) groups excluding carboxylic acids is 1. The van der Waals surface area contributed by atoms with Gasteiger partial charge in [0.15, 0.2) is 4.32 Å². The Balaban J connectivity index is 2.00. The van der Waals surface area contributed by atoms with Crippen LogP contribution in [-0.4, -0.2) is 10.2 Å². The lowest BCUT2D eigenvalue weighted by molar-refractivity contribution is -0.113. The number of rotatable bonds is 2. The predicted molar refractivity (Wildman–Crippen MR) is 104 cm³/mol. The van der Waals surface area contributed by atoms with Crippen molar-refractivity contribution in [1.82, 2.24) is 0 Å². The van der Waals surface area contributed by atoms with Crippen molar-refractivity contribution in [1.29, 1.82) is 0 Å². The Labute approximate surface area is 162 Å². The second kappa shape index (κ2) is 7.02. The molecule has 0 saturated carbocycles. The molecule has 1 saturated heterocycles. The van der Waals surface area contributed by atoms with Crippen molar-refractivity contribution in [3.8, 4) is 0 Å². The number of hydrogen-bond donors (Lipinski definition) is 0. The molecule has 2 nitrogen and oxygen atoms in total. The maximum absolute atomic E-state index is 13.3. The van der Waals surface area contributed by atoms with E-state index >= 15 is 0 Å². The Hall–Kier alpha value is -1.11. The van der Waals surface area contributed by atoms with Gasteiger partial charge < -0.3 is 0 Å². The SMILES string of the molecule is O=C1/C(=C/c2c(Cl)cccc2Cl)SC(=S)N1c1ccc(F)c(Cl)c1. The predicted octanol–water partition coefficient (Wildman–Crippen LogP) is 6.19.